The van der Waals surface area contributed by atoms with Crippen molar-refractivity contribution in [1.82, 2.24) is 10.2 Å². The topological polar surface area (TPSA) is 71.0 Å². The van der Waals surface area contributed by atoms with Crippen molar-refractivity contribution < 1.29 is 19.4 Å². The van der Waals surface area contributed by atoms with E-state index in [1.165, 1.54) is 12.7 Å². The molecule has 0 bridgehead atoms. The molecule has 1 saturated heterocycles. The number of hydrogen-bond acceptors (Lipinski definition) is 6. The Hall–Kier alpha value is -1.89. The van der Waals surface area contributed by atoms with Crippen molar-refractivity contribution in [2.45, 2.75) is 25.5 Å². The third kappa shape index (κ3) is 6.78. The summed E-state index contributed by atoms with van der Waals surface area (Å²) in [5.74, 6) is 0.613. The normalized spacial score (nSPS) is 16.8. The number of methoxy groups -OCH3 is 1. The predicted octanol–water partition coefficient (Wildman–Crippen LogP) is 1.59. The molecule has 0 amide bonds. The molecule has 1 aliphatic heterocycles. The Bertz CT molecular complexity index is 553. The number of piperidine rings is 1. The molecule has 1 fully saturated rings. The summed E-state index contributed by atoms with van der Waals surface area (Å²) in [6.07, 6.45) is 2.83. The van der Waals surface area contributed by atoms with Crippen LogP contribution in [0.4, 0.5) is 0 Å². The van der Waals surface area contributed by atoms with Gasteiger partial charge in [0.2, 0.25) is 0 Å². The Balaban J connectivity index is 1.66. The van der Waals surface area contributed by atoms with Gasteiger partial charge in [0.05, 0.1) is 13.0 Å². The van der Waals surface area contributed by atoms with Crippen LogP contribution in [0.3, 0.4) is 0 Å². The minimum atomic E-state index is -0.557. The maximum atomic E-state index is 11.5. The Morgan fingerprint density at radius 2 is 2.08 bits per heavy atom. The van der Waals surface area contributed by atoms with E-state index in [1.54, 1.807) is 0 Å². The van der Waals surface area contributed by atoms with Crippen molar-refractivity contribution in [2.75, 3.05) is 39.9 Å². The first kappa shape index (κ1) is 20.4. The number of carbonyl (C=O) groups is 1. The van der Waals surface area contributed by atoms with Crippen molar-refractivity contribution in [3.8, 4) is 5.75 Å². The second-order valence-corrected chi connectivity index (χ2v) is 6.63. The molecule has 6 heteroatoms. The molecule has 1 heterocycles. The monoisotopic (exact) mass is 362 g/mol. The summed E-state index contributed by atoms with van der Waals surface area (Å²) in [7, 11) is 1.43. The highest BCUT2D eigenvalue weighted by atomic mass is 16.5. The van der Waals surface area contributed by atoms with Crippen LogP contribution in [0.15, 0.2) is 36.9 Å². The van der Waals surface area contributed by atoms with Gasteiger partial charge in [-0.15, -0.1) is 6.58 Å². The average Bonchev–Trinajstić information content (AvgIpc) is 2.67. The van der Waals surface area contributed by atoms with E-state index in [9.17, 15) is 9.90 Å². The Labute approximate surface area is 155 Å². The smallest absolute Gasteiger partial charge is 0.308 e. The molecular weight excluding hydrogens is 332 g/mol. The number of aliphatic hydroxyl groups is 1. The number of esters is 1. The molecule has 0 aliphatic carbocycles. The fraction of sp³-hybridized carbons (Fsp3) is 0.550. The number of rotatable bonds is 10. The van der Waals surface area contributed by atoms with Gasteiger partial charge in [-0.3, -0.25) is 4.79 Å². The van der Waals surface area contributed by atoms with Crippen LogP contribution >= 0.6 is 0 Å². The number of benzene rings is 1. The summed E-state index contributed by atoms with van der Waals surface area (Å²) in [5, 5.41) is 13.5. The summed E-state index contributed by atoms with van der Waals surface area (Å²) < 4.78 is 10.5. The highest BCUT2D eigenvalue weighted by molar-refractivity contribution is 5.72. The van der Waals surface area contributed by atoms with Gasteiger partial charge in [0, 0.05) is 19.6 Å². The largest absolute Gasteiger partial charge is 0.491 e. The first-order chi connectivity index (χ1) is 12.6. The summed E-state index contributed by atoms with van der Waals surface area (Å²) in [5.41, 5.74) is 1.17. The quantitative estimate of drug-likeness (QED) is 0.374. The first-order valence-corrected chi connectivity index (χ1v) is 9.14. The lowest BCUT2D eigenvalue weighted by Crippen LogP contribution is -2.42. The van der Waals surface area contributed by atoms with Crippen molar-refractivity contribution in [2.24, 2.45) is 5.92 Å². The van der Waals surface area contributed by atoms with E-state index in [0.717, 1.165) is 44.8 Å². The predicted molar refractivity (Wildman–Crippen MR) is 101 cm³/mol. The lowest BCUT2D eigenvalue weighted by molar-refractivity contribution is -0.147. The number of nitrogens with zero attached hydrogens (tertiary/aromatic N) is 1. The molecule has 0 aromatic heterocycles. The zero-order valence-corrected chi connectivity index (χ0v) is 15.5. The maximum Gasteiger partial charge on any atom is 0.308 e. The molecule has 144 valence electrons. The number of likely N-dealkylation sites (tertiary alicyclic amines) is 1. The van der Waals surface area contributed by atoms with E-state index < -0.39 is 6.10 Å². The molecule has 0 unspecified atom stereocenters. The van der Waals surface area contributed by atoms with Crippen molar-refractivity contribution in [1.29, 1.82) is 0 Å². The van der Waals surface area contributed by atoms with Gasteiger partial charge in [0.15, 0.2) is 0 Å². The van der Waals surface area contributed by atoms with Gasteiger partial charge in [0.25, 0.3) is 0 Å². The van der Waals surface area contributed by atoms with Crippen LogP contribution in [0.5, 0.6) is 5.75 Å². The molecule has 0 spiro atoms. The van der Waals surface area contributed by atoms with E-state index in [-0.39, 0.29) is 18.5 Å². The lowest BCUT2D eigenvalue weighted by Gasteiger charge is -2.31. The summed E-state index contributed by atoms with van der Waals surface area (Å²) in [4.78, 5) is 13.7. The third-order valence-electron chi connectivity index (χ3n) is 4.57. The van der Waals surface area contributed by atoms with Crippen LogP contribution in [0.1, 0.15) is 18.4 Å². The number of aliphatic hydroxyl groups excluding tert-OH is 1. The van der Waals surface area contributed by atoms with E-state index in [0.29, 0.717) is 6.54 Å². The van der Waals surface area contributed by atoms with Crippen LogP contribution in [0.25, 0.3) is 0 Å². The molecule has 2 N–H and O–H groups in total. The minimum absolute atomic E-state index is 0.0101. The molecule has 1 aromatic rings. The Morgan fingerprint density at radius 1 is 1.38 bits per heavy atom. The standard InChI is InChI=1S/C20H30N2O4/c1-3-10-21-13-16-4-6-19(7-5-16)26-15-18(23)14-22-11-8-17(9-12-22)20(24)25-2/h3-7,17-18,21,23H,1,8-15H2,2H3/t18-/m1/s1. The number of ether oxygens (including phenoxy) is 2. The SMILES string of the molecule is C=CCNCc1ccc(OC[C@H](O)CN2CCC(C(=O)OC)CC2)cc1. The van der Waals surface area contributed by atoms with E-state index in [1.807, 2.05) is 30.3 Å². The van der Waals surface area contributed by atoms with Gasteiger partial charge < -0.3 is 24.8 Å². The van der Waals surface area contributed by atoms with Gasteiger partial charge in [-0.05, 0) is 43.6 Å². The molecular formula is C20H30N2O4. The summed E-state index contributed by atoms with van der Waals surface area (Å²) in [6, 6.07) is 7.85. The van der Waals surface area contributed by atoms with E-state index in [2.05, 4.69) is 16.8 Å². The number of hydrogen-bond donors (Lipinski definition) is 2. The van der Waals surface area contributed by atoms with Gasteiger partial charge in [-0.2, -0.15) is 0 Å². The molecule has 0 saturated carbocycles. The molecule has 0 radical (unpaired) electrons. The Kier molecular flexibility index (Phi) is 8.61. The molecule has 26 heavy (non-hydrogen) atoms. The molecule has 6 nitrogen and oxygen atoms in total. The molecule has 1 aliphatic rings. The highest BCUT2D eigenvalue weighted by Crippen LogP contribution is 2.19. The van der Waals surface area contributed by atoms with Gasteiger partial charge in [0.1, 0.15) is 18.5 Å². The number of nitrogens with one attached hydrogen (secondary N) is 1. The first-order valence-electron chi connectivity index (χ1n) is 9.14. The fourth-order valence-electron chi connectivity index (χ4n) is 3.08. The molecule has 2 rings (SSSR count). The molecule has 1 atom stereocenters. The fourth-order valence-corrected chi connectivity index (χ4v) is 3.08. The summed E-state index contributed by atoms with van der Waals surface area (Å²) >= 11 is 0. The highest BCUT2D eigenvalue weighted by Gasteiger charge is 2.26. The molecule has 1 aromatic carbocycles. The van der Waals surface area contributed by atoms with Crippen LogP contribution in [0.2, 0.25) is 0 Å². The second kappa shape index (κ2) is 11.0. The number of carbonyl (C=O) groups excluding carboxylic acids is 1. The van der Waals surface area contributed by atoms with Gasteiger partial charge >= 0.3 is 5.97 Å². The maximum absolute atomic E-state index is 11.5. The Morgan fingerprint density at radius 3 is 2.69 bits per heavy atom. The second-order valence-electron chi connectivity index (χ2n) is 6.63. The van der Waals surface area contributed by atoms with Crippen LogP contribution in [-0.2, 0) is 16.1 Å². The van der Waals surface area contributed by atoms with Crippen LogP contribution in [-0.4, -0.2) is 62.0 Å². The zero-order valence-electron chi connectivity index (χ0n) is 15.5. The van der Waals surface area contributed by atoms with Crippen molar-refractivity contribution in [3.05, 3.63) is 42.5 Å². The van der Waals surface area contributed by atoms with Gasteiger partial charge in [-0.25, -0.2) is 0 Å². The lowest BCUT2D eigenvalue weighted by atomic mass is 9.97. The van der Waals surface area contributed by atoms with E-state index >= 15 is 0 Å². The summed E-state index contributed by atoms with van der Waals surface area (Å²) in [6.45, 7) is 7.64. The number of β-amino-alcohol motifs (C(OH)–C–C–N with tert-alkyl or cyclic N) is 1. The average molecular weight is 362 g/mol. The zero-order chi connectivity index (χ0) is 18.8. The van der Waals surface area contributed by atoms with Crippen LogP contribution < -0.4 is 10.1 Å². The van der Waals surface area contributed by atoms with E-state index in [4.69, 9.17) is 9.47 Å². The van der Waals surface area contributed by atoms with Crippen LogP contribution in [0, 0.1) is 5.92 Å². The third-order valence-corrected chi connectivity index (χ3v) is 4.57. The van der Waals surface area contributed by atoms with Crippen molar-refractivity contribution >= 4 is 5.97 Å². The van der Waals surface area contributed by atoms with Gasteiger partial charge in [-0.1, -0.05) is 18.2 Å². The minimum Gasteiger partial charge on any atom is -0.491 e. The van der Waals surface area contributed by atoms with Crippen molar-refractivity contribution in [3.63, 3.8) is 0 Å².